The lowest BCUT2D eigenvalue weighted by molar-refractivity contribution is -0.132. The first-order valence-corrected chi connectivity index (χ1v) is 6.59. The molecule has 0 aliphatic carbocycles. The van der Waals surface area contributed by atoms with Gasteiger partial charge in [0.05, 0.1) is 6.04 Å². The van der Waals surface area contributed by atoms with E-state index in [1.807, 2.05) is 26.1 Å². The summed E-state index contributed by atoms with van der Waals surface area (Å²) in [5.74, 6) is 0.145. The van der Waals surface area contributed by atoms with Crippen LogP contribution < -0.4 is 5.32 Å². The molecule has 0 fully saturated rings. The number of hydrogen-bond donors (Lipinski definition) is 1. The summed E-state index contributed by atoms with van der Waals surface area (Å²) in [5.41, 5.74) is 2.43. The molecule has 18 heavy (non-hydrogen) atoms. The molecule has 0 aliphatic rings. The van der Waals surface area contributed by atoms with E-state index in [9.17, 15) is 4.79 Å². The predicted molar refractivity (Wildman–Crippen MR) is 75.4 cm³/mol. The highest BCUT2D eigenvalue weighted by Crippen LogP contribution is 2.10. The Kier molecular flexibility index (Phi) is 5.86. The van der Waals surface area contributed by atoms with Crippen LogP contribution in [0.1, 0.15) is 31.4 Å². The van der Waals surface area contributed by atoms with Crippen molar-refractivity contribution in [2.24, 2.45) is 0 Å². The number of carbonyl (C=O) groups excluding carboxylic acids is 1. The quantitative estimate of drug-likeness (QED) is 0.838. The van der Waals surface area contributed by atoms with Gasteiger partial charge < -0.3 is 10.2 Å². The molecule has 1 N–H and O–H groups in total. The van der Waals surface area contributed by atoms with Crippen LogP contribution in [0.3, 0.4) is 0 Å². The van der Waals surface area contributed by atoms with Crippen molar-refractivity contribution in [3.05, 3.63) is 35.4 Å². The average molecular weight is 248 g/mol. The first-order valence-electron chi connectivity index (χ1n) is 6.59. The number of hydrogen-bond acceptors (Lipinski definition) is 2. The lowest BCUT2D eigenvalue weighted by atomic mass is 10.1. The summed E-state index contributed by atoms with van der Waals surface area (Å²) < 4.78 is 0. The van der Waals surface area contributed by atoms with Gasteiger partial charge in [0, 0.05) is 13.6 Å². The fourth-order valence-electron chi connectivity index (χ4n) is 1.90. The first-order chi connectivity index (χ1) is 8.56. The molecule has 1 aromatic rings. The van der Waals surface area contributed by atoms with E-state index in [0.29, 0.717) is 6.54 Å². The zero-order valence-electron chi connectivity index (χ0n) is 11.9. The van der Waals surface area contributed by atoms with Gasteiger partial charge in [0.1, 0.15) is 0 Å². The van der Waals surface area contributed by atoms with Crippen LogP contribution >= 0.6 is 0 Å². The van der Waals surface area contributed by atoms with Crippen LogP contribution in [-0.4, -0.2) is 30.4 Å². The number of likely N-dealkylation sites (N-methyl/N-ethyl adjacent to an activating group) is 1. The molecular weight excluding hydrogens is 224 g/mol. The van der Waals surface area contributed by atoms with Crippen molar-refractivity contribution in [2.45, 2.75) is 39.8 Å². The van der Waals surface area contributed by atoms with Gasteiger partial charge in [-0.15, -0.1) is 0 Å². The van der Waals surface area contributed by atoms with Crippen LogP contribution in [0.25, 0.3) is 0 Å². The van der Waals surface area contributed by atoms with Gasteiger partial charge in [-0.2, -0.15) is 0 Å². The van der Waals surface area contributed by atoms with Crippen molar-refractivity contribution in [3.8, 4) is 0 Å². The SMILES string of the molecule is CCCNC(C)C(=O)N(C)Cc1ccccc1C. The Hall–Kier alpha value is -1.35. The Morgan fingerprint density at radius 2 is 2.06 bits per heavy atom. The number of carbonyl (C=O) groups is 1. The van der Waals surface area contributed by atoms with Crippen LogP contribution in [0.4, 0.5) is 0 Å². The maximum Gasteiger partial charge on any atom is 0.239 e. The molecule has 0 saturated heterocycles. The van der Waals surface area contributed by atoms with Gasteiger partial charge in [0.25, 0.3) is 0 Å². The third-order valence-corrected chi connectivity index (χ3v) is 3.12. The molecule has 3 heteroatoms. The standard InChI is InChI=1S/C15H24N2O/c1-5-10-16-13(3)15(18)17(4)11-14-9-7-6-8-12(14)2/h6-9,13,16H,5,10-11H2,1-4H3. The Bertz CT molecular complexity index is 390. The van der Waals surface area contributed by atoms with Gasteiger partial charge in [-0.3, -0.25) is 4.79 Å². The van der Waals surface area contributed by atoms with E-state index in [-0.39, 0.29) is 11.9 Å². The van der Waals surface area contributed by atoms with Crippen molar-refractivity contribution in [1.29, 1.82) is 0 Å². The van der Waals surface area contributed by atoms with Gasteiger partial charge in [-0.1, -0.05) is 31.2 Å². The van der Waals surface area contributed by atoms with Crippen LogP contribution in [-0.2, 0) is 11.3 Å². The van der Waals surface area contributed by atoms with Gasteiger partial charge in [-0.05, 0) is 37.9 Å². The van der Waals surface area contributed by atoms with Gasteiger partial charge in [0.2, 0.25) is 5.91 Å². The molecule has 0 saturated carbocycles. The number of aryl methyl sites for hydroxylation is 1. The molecule has 0 radical (unpaired) electrons. The van der Waals surface area contributed by atoms with Crippen molar-refractivity contribution in [1.82, 2.24) is 10.2 Å². The summed E-state index contributed by atoms with van der Waals surface area (Å²) in [4.78, 5) is 13.9. The Morgan fingerprint density at radius 3 is 2.67 bits per heavy atom. The number of rotatable bonds is 6. The normalized spacial score (nSPS) is 12.2. The van der Waals surface area contributed by atoms with E-state index in [1.165, 1.54) is 11.1 Å². The summed E-state index contributed by atoms with van der Waals surface area (Å²) in [7, 11) is 1.86. The largest absolute Gasteiger partial charge is 0.340 e. The zero-order chi connectivity index (χ0) is 13.5. The van der Waals surface area contributed by atoms with Gasteiger partial charge in [0.15, 0.2) is 0 Å². The summed E-state index contributed by atoms with van der Waals surface area (Å²) >= 11 is 0. The van der Waals surface area contributed by atoms with E-state index in [0.717, 1.165) is 13.0 Å². The lowest BCUT2D eigenvalue weighted by Gasteiger charge is -2.23. The minimum atomic E-state index is -0.112. The van der Waals surface area contributed by atoms with E-state index in [2.05, 4.69) is 31.3 Å². The molecule has 1 unspecified atom stereocenters. The van der Waals surface area contributed by atoms with Gasteiger partial charge in [-0.25, -0.2) is 0 Å². The van der Waals surface area contributed by atoms with Crippen LogP contribution in [0.15, 0.2) is 24.3 Å². The number of nitrogens with zero attached hydrogens (tertiary/aromatic N) is 1. The Morgan fingerprint density at radius 1 is 1.39 bits per heavy atom. The molecule has 0 spiro atoms. The van der Waals surface area contributed by atoms with E-state index >= 15 is 0 Å². The second kappa shape index (κ2) is 7.17. The Labute approximate surface area is 110 Å². The van der Waals surface area contributed by atoms with Crippen LogP contribution in [0, 0.1) is 6.92 Å². The molecule has 0 heterocycles. The first kappa shape index (κ1) is 14.7. The number of benzene rings is 1. The molecule has 3 nitrogen and oxygen atoms in total. The van der Waals surface area contributed by atoms with Gasteiger partial charge >= 0.3 is 0 Å². The third-order valence-electron chi connectivity index (χ3n) is 3.12. The molecule has 1 amide bonds. The Balaban J connectivity index is 2.57. The van der Waals surface area contributed by atoms with Crippen molar-refractivity contribution in [3.63, 3.8) is 0 Å². The van der Waals surface area contributed by atoms with E-state index in [1.54, 1.807) is 4.90 Å². The van der Waals surface area contributed by atoms with E-state index in [4.69, 9.17) is 0 Å². The van der Waals surface area contributed by atoms with E-state index < -0.39 is 0 Å². The van der Waals surface area contributed by atoms with Crippen LogP contribution in [0.2, 0.25) is 0 Å². The number of amides is 1. The molecule has 0 bridgehead atoms. The van der Waals surface area contributed by atoms with Crippen molar-refractivity contribution >= 4 is 5.91 Å². The fraction of sp³-hybridized carbons (Fsp3) is 0.533. The second-order valence-electron chi connectivity index (χ2n) is 4.80. The minimum Gasteiger partial charge on any atom is -0.340 e. The minimum absolute atomic E-state index is 0.112. The summed E-state index contributed by atoms with van der Waals surface area (Å²) in [6, 6.07) is 8.07. The highest BCUT2D eigenvalue weighted by atomic mass is 16.2. The molecular formula is C15H24N2O. The molecule has 1 atom stereocenters. The van der Waals surface area contributed by atoms with Crippen LogP contribution in [0.5, 0.6) is 0 Å². The lowest BCUT2D eigenvalue weighted by Crippen LogP contribution is -2.43. The van der Waals surface area contributed by atoms with Crippen molar-refractivity contribution < 1.29 is 4.79 Å². The topological polar surface area (TPSA) is 32.3 Å². The zero-order valence-corrected chi connectivity index (χ0v) is 11.9. The molecule has 0 aromatic heterocycles. The second-order valence-corrected chi connectivity index (χ2v) is 4.80. The molecule has 100 valence electrons. The highest BCUT2D eigenvalue weighted by Gasteiger charge is 2.16. The highest BCUT2D eigenvalue weighted by molar-refractivity contribution is 5.81. The average Bonchev–Trinajstić information content (AvgIpc) is 2.37. The third kappa shape index (κ3) is 4.15. The molecule has 1 aromatic carbocycles. The number of nitrogens with one attached hydrogen (secondary N) is 1. The summed E-state index contributed by atoms with van der Waals surface area (Å²) in [6.07, 6.45) is 1.04. The molecule has 1 rings (SSSR count). The molecule has 0 aliphatic heterocycles. The fourth-order valence-corrected chi connectivity index (χ4v) is 1.90. The summed E-state index contributed by atoms with van der Waals surface area (Å²) in [5, 5.41) is 3.22. The maximum absolute atomic E-state index is 12.1. The maximum atomic E-state index is 12.1. The smallest absolute Gasteiger partial charge is 0.239 e. The summed E-state index contributed by atoms with van der Waals surface area (Å²) in [6.45, 7) is 7.65. The monoisotopic (exact) mass is 248 g/mol. The predicted octanol–water partition coefficient (Wildman–Crippen LogP) is 2.34. The van der Waals surface area contributed by atoms with Crippen molar-refractivity contribution in [2.75, 3.05) is 13.6 Å².